The molecule has 0 bridgehead atoms. The van der Waals surface area contributed by atoms with Crippen LogP contribution in [0.5, 0.6) is 0 Å². The summed E-state index contributed by atoms with van der Waals surface area (Å²) >= 11 is 3.50. The van der Waals surface area contributed by atoms with Crippen molar-refractivity contribution in [2.75, 3.05) is 0 Å². The van der Waals surface area contributed by atoms with Gasteiger partial charge in [-0.15, -0.1) is 0 Å². The minimum atomic E-state index is 0.456. The van der Waals surface area contributed by atoms with Crippen molar-refractivity contribution >= 4 is 15.9 Å². The summed E-state index contributed by atoms with van der Waals surface area (Å²) in [6, 6.07) is 12.0. The van der Waals surface area contributed by atoms with Gasteiger partial charge in [0.15, 0.2) is 0 Å². The second kappa shape index (κ2) is 6.64. The first-order valence-corrected chi connectivity index (χ1v) is 6.54. The van der Waals surface area contributed by atoms with Crippen molar-refractivity contribution in [2.45, 2.75) is 19.8 Å². The smallest absolute Gasteiger partial charge is 0.0732 e. The third-order valence-electron chi connectivity index (χ3n) is 2.57. The van der Waals surface area contributed by atoms with Gasteiger partial charge in [0.25, 0.3) is 0 Å². The molecule has 0 unspecified atom stereocenters. The molecule has 0 spiro atoms. The maximum atomic E-state index is 5.69. The fraction of sp³-hybridized carbons (Fsp3) is 0.214. The summed E-state index contributed by atoms with van der Waals surface area (Å²) in [5, 5.41) is 0. The van der Waals surface area contributed by atoms with Gasteiger partial charge in [-0.2, -0.15) is 0 Å². The predicted octanol–water partition coefficient (Wildman–Crippen LogP) is 3.02. The minimum absolute atomic E-state index is 0.456. The predicted molar refractivity (Wildman–Crippen MR) is 74.8 cm³/mol. The average Bonchev–Trinajstić information content (AvgIpc) is 2.41. The van der Waals surface area contributed by atoms with E-state index in [4.69, 9.17) is 10.5 Å². The minimum Gasteiger partial charge on any atom is -0.372 e. The molecule has 2 rings (SSSR count). The molecule has 94 valence electrons. The molecule has 1 aromatic carbocycles. The molecule has 0 aliphatic carbocycles. The molecule has 0 aliphatic rings. The molecule has 0 amide bonds. The van der Waals surface area contributed by atoms with Crippen LogP contribution in [0.25, 0.3) is 0 Å². The van der Waals surface area contributed by atoms with E-state index in [-0.39, 0.29) is 0 Å². The van der Waals surface area contributed by atoms with E-state index in [0.717, 1.165) is 21.3 Å². The third kappa shape index (κ3) is 3.63. The van der Waals surface area contributed by atoms with Crippen LogP contribution in [0.4, 0.5) is 0 Å². The highest BCUT2D eigenvalue weighted by atomic mass is 79.9. The van der Waals surface area contributed by atoms with Crippen molar-refractivity contribution in [3.63, 3.8) is 0 Å². The van der Waals surface area contributed by atoms with Crippen molar-refractivity contribution in [2.24, 2.45) is 5.73 Å². The normalized spacial score (nSPS) is 10.6. The van der Waals surface area contributed by atoms with Crippen LogP contribution in [0.15, 0.2) is 47.1 Å². The molecule has 0 fully saturated rings. The van der Waals surface area contributed by atoms with Crippen LogP contribution in [-0.4, -0.2) is 4.98 Å². The summed E-state index contributed by atoms with van der Waals surface area (Å²) in [6.07, 6.45) is 1.76. The zero-order valence-electron chi connectivity index (χ0n) is 9.97. The maximum absolute atomic E-state index is 5.69. The summed E-state index contributed by atoms with van der Waals surface area (Å²) in [7, 11) is 0. The average molecular weight is 307 g/mol. The fourth-order valence-corrected chi connectivity index (χ4v) is 2.02. The van der Waals surface area contributed by atoms with E-state index in [9.17, 15) is 0 Å². The Balaban J connectivity index is 1.90. The first-order chi connectivity index (χ1) is 8.79. The van der Waals surface area contributed by atoms with Crippen LogP contribution < -0.4 is 5.73 Å². The van der Waals surface area contributed by atoms with E-state index in [1.165, 1.54) is 0 Å². The highest BCUT2D eigenvalue weighted by Crippen LogP contribution is 2.17. The van der Waals surface area contributed by atoms with Crippen LogP contribution in [0, 0.1) is 0 Å². The number of nitrogens with two attached hydrogens (primary N) is 1. The highest BCUT2D eigenvalue weighted by molar-refractivity contribution is 9.10. The van der Waals surface area contributed by atoms with Crippen LogP contribution in [-0.2, 0) is 24.5 Å². The highest BCUT2D eigenvalue weighted by Gasteiger charge is 2.00. The van der Waals surface area contributed by atoms with Gasteiger partial charge in [0, 0.05) is 17.2 Å². The summed E-state index contributed by atoms with van der Waals surface area (Å²) in [5.74, 6) is 0. The number of benzene rings is 1. The molecule has 3 nitrogen and oxygen atoms in total. The molecule has 0 atom stereocenters. The van der Waals surface area contributed by atoms with E-state index in [1.54, 1.807) is 6.20 Å². The quantitative estimate of drug-likeness (QED) is 0.923. The van der Waals surface area contributed by atoms with E-state index in [0.29, 0.717) is 19.8 Å². The first kappa shape index (κ1) is 13.2. The molecule has 0 saturated carbocycles. The SMILES string of the molecule is NCc1cc(COCc2ccccc2Br)ccn1. The number of halogens is 1. The number of aromatic nitrogens is 1. The Hall–Kier alpha value is -1.23. The number of ether oxygens (including phenoxy) is 1. The Morgan fingerprint density at radius 3 is 2.78 bits per heavy atom. The third-order valence-corrected chi connectivity index (χ3v) is 3.35. The van der Waals surface area contributed by atoms with Crippen molar-refractivity contribution in [3.05, 3.63) is 63.9 Å². The molecule has 0 radical (unpaired) electrons. The van der Waals surface area contributed by atoms with Gasteiger partial charge >= 0.3 is 0 Å². The molecule has 2 aromatic rings. The Morgan fingerprint density at radius 2 is 2.00 bits per heavy atom. The van der Waals surface area contributed by atoms with Gasteiger partial charge in [-0.3, -0.25) is 4.98 Å². The van der Waals surface area contributed by atoms with Crippen LogP contribution >= 0.6 is 15.9 Å². The lowest BCUT2D eigenvalue weighted by atomic mass is 10.2. The van der Waals surface area contributed by atoms with Gasteiger partial charge in [0.2, 0.25) is 0 Å². The lowest BCUT2D eigenvalue weighted by molar-refractivity contribution is 0.106. The van der Waals surface area contributed by atoms with Gasteiger partial charge in [-0.05, 0) is 29.3 Å². The molecular weight excluding hydrogens is 292 g/mol. The second-order valence-corrected chi connectivity index (χ2v) is 4.80. The van der Waals surface area contributed by atoms with E-state index < -0.39 is 0 Å². The molecule has 1 heterocycles. The molecule has 2 N–H and O–H groups in total. The van der Waals surface area contributed by atoms with E-state index >= 15 is 0 Å². The summed E-state index contributed by atoms with van der Waals surface area (Å²) in [6.45, 7) is 1.61. The number of pyridine rings is 1. The number of hydrogen-bond acceptors (Lipinski definition) is 3. The van der Waals surface area contributed by atoms with E-state index in [1.807, 2.05) is 36.4 Å². The van der Waals surface area contributed by atoms with Gasteiger partial charge in [0.05, 0.1) is 18.9 Å². The van der Waals surface area contributed by atoms with E-state index in [2.05, 4.69) is 20.9 Å². The first-order valence-electron chi connectivity index (χ1n) is 5.74. The maximum Gasteiger partial charge on any atom is 0.0732 e. The lowest BCUT2D eigenvalue weighted by Gasteiger charge is -2.07. The van der Waals surface area contributed by atoms with Crippen molar-refractivity contribution in [1.29, 1.82) is 0 Å². The van der Waals surface area contributed by atoms with Crippen molar-refractivity contribution in [3.8, 4) is 0 Å². The van der Waals surface area contributed by atoms with Crippen LogP contribution in [0.1, 0.15) is 16.8 Å². The van der Waals surface area contributed by atoms with Gasteiger partial charge in [-0.25, -0.2) is 0 Å². The molecule has 0 aliphatic heterocycles. The van der Waals surface area contributed by atoms with Crippen molar-refractivity contribution < 1.29 is 4.74 Å². The molecule has 18 heavy (non-hydrogen) atoms. The van der Waals surface area contributed by atoms with Gasteiger partial charge in [-0.1, -0.05) is 34.1 Å². The number of hydrogen-bond donors (Lipinski definition) is 1. The molecular formula is C14H15BrN2O. The molecule has 1 aromatic heterocycles. The monoisotopic (exact) mass is 306 g/mol. The fourth-order valence-electron chi connectivity index (χ4n) is 1.62. The number of nitrogens with zero attached hydrogens (tertiary/aromatic N) is 1. The largest absolute Gasteiger partial charge is 0.372 e. The molecule has 4 heteroatoms. The van der Waals surface area contributed by atoms with Gasteiger partial charge < -0.3 is 10.5 Å². The Kier molecular flexibility index (Phi) is 4.87. The van der Waals surface area contributed by atoms with Crippen molar-refractivity contribution in [1.82, 2.24) is 4.98 Å². The Labute approximate surface area is 115 Å². The zero-order valence-corrected chi connectivity index (χ0v) is 11.6. The Morgan fingerprint density at radius 1 is 1.17 bits per heavy atom. The second-order valence-electron chi connectivity index (χ2n) is 3.94. The summed E-state index contributed by atoms with van der Waals surface area (Å²) in [5.41, 5.74) is 8.67. The van der Waals surface area contributed by atoms with Crippen LogP contribution in [0.3, 0.4) is 0 Å². The van der Waals surface area contributed by atoms with Gasteiger partial charge in [0.1, 0.15) is 0 Å². The van der Waals surface area contributed by atoms with Crippen LogP contribution in [0.2, 0.25) is 0 Å². The zero-order chi connectivity index (χ0) is 12.8. The molecule has 0 saturated heterocycles. The Bertz CT molecular complexity index is 517. The summed E-state index contributed by atoms with van der Waals surface area (Å²) in [4.78, 5) is 4.15. The standard InChI is InChI=1S/C14H15BrN2O/c15-14-4-2-1-3-12(14)10-18-9-11-5-6-17-13(7-11)8-16/h1-7H,8-10,16H2. The topological polar surface area (TPSA) is 48.1 Å². The summed E-state index contributed by atoms with van der Waals surface area (Å²) < 4.78 is 6.76. The lowest BCUT2D eigenvalue weighted by Crippen LogP contribution is -2.01. The number of rotatable bonds is 5.